The second-order valence-electron chi connectivity index (χ2n) is 6.37. The van der Waals surface area contributed by atoms with E-state index in [-0.39, 0.29) is 11.3 Å². The van der Waals surface area contributed by atoms with Gasteiger partial charge in [-0.2, -0.15) is 0 Å². The lowest BCUT2D eigenvalue weighted by Gasteiger charge is -2.03. The first kappa shape index (κ1) is 19.1. The lowest BCUT2D eigenvalue weighted by Crippen LogP contribution is -2.11. The zero-order valence-electron chi connectivity index (χ0n) is 15.5. The summed E-state index contributed by atoms with van der Waals surface area (Å²) in [5.41, 5.74) is 8.39. The number of fused-ring (bicyclic) bond motifs is 1. The summed E-state index contributed by atoms with van der Waals surface area (Å²) >= 11 is 0. The van der Waals surface area contributed by atoms with Crippen LogP contribution in [0.25, 0.3) is 10.9 Å². The number of pyridine rings is 1. The maximum absolute atomic E-state index is 10.9. The minimum atomic E-state index is -0.657. The maximum Gasteiger partial charge on any atom is 0.252 e. The number of aromatic hydroxyl groups is 1. The molecule has 0 saturated heterocycles. The van der Waals surface area contributed by atoms with Crippen LogP contribution in [0.3, 0.4) is 0 Å². The molecule has 1 amide bonds. The van der Waals surface area contributed by atoms with E-state index < -0.39 is 5.91 Å². The topological polar surface area (TPSA) is 76.2 Å². The van der Waals surface area contributed by atoms with Crippen LogP contribution in [-0.4, -0.2) is 16.0 Å². The number of carbonyl (C=O) groups excluding carboxylic acids is 1. The van der Waals surface area contributed by atoms with Gasteiger partial charge in [0.1, 0.15) is 5.52 Å². The molecule has 28 heavy (non-hydrogen) atoms. The summed E-state index contributed by atoms with van der Waals surface area (Å²) in [5, 5.41) is 10.4. The molecule has 4 nitrogen and oxygen atoms in total. The van der Waals surface area contributed by atoms with Crippen molar-refractivity contribution >= 4 is 16.8 Å². The van der Waals surface area contributed by atoms with Crippen LogP contribution in [-0.2, 0) is 12.8 Å². The molecule has 4 aromatic rings. The van der Waals surface area contributed by atoms with E-state index in [1.165, 1.54) is 17.2 Å². The number of aryl methyl sites for hydroxylation is 2. The van der Waals surface area contributed by atoms with Crippen molar-refractivity contribution in [3.05, 3.63) is 108 Å². The number of primary amides is 1. The third-order valence-corrected chi connectivity index (χ3v) is 4.40. The predicted molar refractivity (Wildman–Crippen MR) is 112 cm³/mol. The first-order chi connectivity index (χ1) is 13.6. The van der Waals surface area contributed by atoms with Crippen molar-refractivity contribution in [1.82, 2.24) is 4.98 Å². The molecular formula is C24H22N2O2. The van der Waals surface area contributed by atoms with E-state index in [0.29, 0.717) is 5.52 Å². The number of rotatable bonds is 4. The first-order valence-corrected chi connectivity index (χ1v) is 9.09. The van der Waals surface area contributed by atoms with Crippen LogP contribution in [0.1, 0.15) is 21.5 Å². The normalized spacial score (nSPS) is 10.1. The average Bonchev–Trinajstić information content (AvgIpc) is 2.74. The average molecular weight is 370 g/mol. The summed E-state index contributed by atoms with van der Waals surface area (Å²) in [7, 11) is 0. The molecular weight excluding hydrogens is 348 g/mol. The molecule has 0 saturated carbocycles. The Hall–Kier alpha value is -3.66. The molecule has 1 heterocycles. The molecule has 0 atom stereocenters. The number of nitrogens with two attached hydrogens (primary N) is 1. The Morgan fingerprint density at radius 1 is 0.786 bits per heavy atom. The third kappa shape index (κ3) is 4.95. The van der Waals surface area contributed by atoms with E-state index in [1.807, 2.05) is 0 Å². The molecule has 1 aromatic heterocycles. The highest BCUT2D eigenvalue weighted by Gasteiger charge is 2.10. The zero-order chi connectivity index (χ0) is 19.8. The number of hydrogen-bond donors (Lipinski definition) is 2. The van der Waals surface area contributed by atoms with Crippen molar-refractivity contribution in [3.8, 4) is 5.75 Å². The van der Waals surface area contributed by atoms with Crippen LogP contribution in [0.5, 0.6) is 5.75 Å². The van der Waals surface area contributed by atoms with Gasteiger partial charge in [0.25, 0.3) is 5.91 Å². The van der Waals surface area contributed by atoms with E-state index in [2.05, 4.69) is 65.6 Å². The predicted octanol–water partition coefficient (Wildman–Crippen LogP) is 4.51. The van der Waals surface area contributed by atoms with Gasteiger partial charge < -0.3 is 10.8 Å². The summed E-state index contributed by atoms with van der Waals surface area (Å²) < 4.78 is 0. The molecule has 0 radical (unpaired) electrons. The molecule has 0 bridgehead atoms. The molecule has 140 valence electrons. The maximum atomic E-state index is 10.9. The van der Waals surface area contributed by atoms with Gasteiger partial charge in [0.2, 0.25) is 0 Å². The van der Waals surface area contributed by atoms with Gasteiger partial charge in [-0.25, -0.2) is 0 Å². The molecule has 3 N–H and O–H groups in total. The molecule has 0 aliphatic carbocycles. The molecule has 4 rings (SSSR count). The van der Waals surface area contributed by atoms with Crippen LogP contribution in [0.4, 0.5) is 0 Å². The molecule has 0 fully saturated rings. The minimum absolute atomic E-state index is 0.0937. The van der Waals surface area contributed by atoms with Gasteiger partial charge in [-0.15, -0.1) is 0 Å². The van der Waals surface area contributed by atoms with Gasteiger partial charge in [0, 0.05) is 11.6 Å². The van der Waals surface area contributed by atoms with Gasteiger partial charge in [-0.3, -0.25) is 9.78 Å². The van der Waals surface area contributed by atoms with E-state index in [9.17, 15) is 9.90 Å². The van der Waals surface area contributed by atoms with Gasteiger partial charge in [0.05, 0.1) is 5.56 Å². The van der Waals surface area contributed by atoms with E-state index >= 15 is 0 Å². The fourth-order valence-electron chi connectivity index (χ4n) is 2.91. The molecule has 0 aliphatic heterocycles. The van der Waals surface area contributed by atoms with E-state index in [0.717, 1.165) is 18.2 Å². The summed E-state index contributed by atoms with van der Waals surface area (Å²) in [6, 6.07) is 28.0. The molecule has 3 aromatic carbocycles. The fourth-order valence-corrected chi connectivity index (χ4v) is 2.91. The summed E-state index contributed by atoms with van der Waals surface area (Å²) in [5.74, 6) is -0.814. The largest absolute Gasteiger partial charge is 0.505 e. The molecule has 4 heteroatoms. The third-order valence-electron chi connectivity index (χ3n) is 4.40. The van der Waals surface area contributed by atoms with Crippen LogP contribution in [0, 0.1) is 0 Å². The number of phenols is 1. The Bertz CT molecular complexity index is 1010. The Kier molecular flexibility index (Phi) is 6.37. The highest BCUT2D eigenvalue weighted by atomic mass is 16.3. The van der Waals surface area contributed by atoms with Crippen molar-refractivity contribution in [3.63, 3.8) is 0 Å². The van der Waals surface area contributed by atoms with Crippen molar-refractivity contribution in [1.29, 1.82) is 0 Å². The van der Waals surface area contributed by atoms with Crippen LogP contribution < -0.4 is 5.73 Å². The molecule has 0 spiro atoms. The van der Waals surface area contributed by atoms with Gasteiger partial charge in [0.15, 0.2) is 5.75 Å². The highest BCUT2D eigenvalue weighted by Crippen LogP contribution is 2.25. The monoisotopic (exact) mass is 370 g/mol. The lowest BCUT2D eigenvalue weighted by molar-refractivity contribution is 0.0998. The summed E-state index contributed by atoms with van der Waals surface area (Å²) in [4.78, 5) is 14.9. The summed E-state index contributed by atoms with van der Waals surface area (Å²) in [6.45, 7) is 0. The standard InChI is InChI=1S/C14H14.C10H8N2O2/c1-3-7-13(8-4-1)11-12-14-9-5-2-6-10-14;11-10(14)7-4-3-6-2-1-5-12-8(6)9(7)13/h1-10H,11-12H2;1-5,13H,(H2,11,14). The number of aromatic nitrogens is 1. The SMILES string of the molecule is NC(=O)c1ccc2cccnc2c1O.c1ccc(CCc2ccccc2)cc1. The quantitative estimate of drug-likeness (QED) is 0.555. The van der Waals surface area contributed by atoms with Gasteiger partial charge in [-0.05, 0) is 36.1 Å². The number of benzene rings is 3. The van der Waals surface area contributed by atoms with Crippen LogP contribution >= 0.6 is 0 Å². The molecule has 0 aliphatic rings. The Morgan fingerprint density at radius 2 is 1.36 bits per heavy atom. The second kappa shape index (κ2) is 9.33. The highest BCUT2D eigenvalue weighted by molar-refractivity contribution is 6.01. The van der Waals surface area contributed by atoms with Crippen LogP contribution in [0.2, 0.25) is 0 Å². The smallest absolute Gasteiger partial charge is 0.252 e. The van der Waals surface area contributed by atoms with Gasteiger partial charge in [-0.1, -0.05) is 72.8 Å². The lowest BCUT2D eigenvalue weighted by atomic mass is 10.0. The van der Waals surface area contributed by atoms with Crippen LogP contribution in [0.15, 0.2) is 91.1 Å². The van der Waals surface area contributed by atoms with E-state index in [4.69, 9.17) is 5.73 Å². The first-order valence-electron chi connectivity index (χ1n) is 9.09. The fraction of sp³-hybridized carbons (Fsp3) is 0.0833. The Morgan fingerprint density at radius 3 is 1.89 bits per heavy atom. The number of amides is 1. The second-order valence-corrected chi connectivity index (χ2v) is 6.37. The van der Waals surface area contributed by atoms with Crippen molar-refractivity contribution in [2.24, 2.45) is 5.73 Å². The Balaban J connectivity index is 0.000000161. The minimum Gasteiger partial charge on any atom is -0.505 e. The number of carbonyl (C=O) groups is 1. The summed E-state index contributed by atoms with van der Waals surface area (Å²) in [6.07, 6.45) is 3.81. The Labute approximate surface area is 164 Å². The molecule has 0 unspecified atom stereocenters. The van der Waals surface area contributed by atoms with E-state index in [1.54, 1.807) is 24.4 Å². The number of nitrogens with zero attached hydrogens (tertiary/aromatic N) is 1. The van der Waals surface area contributed by atoms with Crippen molar-refractivity contribution in [2.45, 2.75) is 12.8 Å². The van der Waals surface area contributed by atoms with Gasteiger partial charge >= 0.3 is 0 Å². The van der Waals surface area contributed by atoms with Crippen molar-refractivity contribution in [2.75, 3.05) is 0 Å². The van der Waals surface area contributed by atoms with Crippen molar-refractivity contribution < 1.29 is 9.90 Å². The number of hydrogen-bond acceptors (Lipinski definition) is 3. The zero-order valence-corrected chi connectivity index (χ0v) is 15.5.